The average molecular weight is 365 g/mol. The molecule has 7 nitrogen and oxygen atoms in total. The number of carbonyl (C=O) groups is 1. The molecule has 25 heavy (non-hydrogen) atoms. The SMILES string of the molecule is CC(=O)O.COc1cccc(Cl)c1CNC(=N)Nc1ccc(C)cn1. The third-order valence-corrected chi connectivity index (χ3v) is 3.26. The summed E-state index contributed by atoms with van der Waals surface area (Å²) >= 11 is 6.15. The Morgan fingerprint density at radius 3 is 2.60 bits per heavy atom. The maximum absolute atomic E-state index is 9.00. The van der Waals surface area contributed by atoms with Crippen LogP contribution in [0.4, 0.5) is 5.82 Å². The fourth-order valence-electron chi connectivity index (χ4n) is 1.79. The van der Waals surface area contributed by atoms with E-state index in [0.717, 1.165) is 18.1 Å². The average Bonchev–Trinajstić information content (AvgIpc) is 2.55. The molecule has 0 spiro atoms. The molecule has 134 valence electrons. The second kappa shape index (κ2) is 10.1. The van der Waals surface area contributed by atoms with Gasteiger partial charge in [0, 0.05) is 30.3 Å². The van der Waals surface area contributed by atoms with Gasteiger partial charge in [0.2, 0.25) is 0 Å². The molecule has 0 aliphatic heterocycles. The number of methoxy groups -OCH3 is 1. The van der Waals surface area contributed by atoms with Crippen molar-refractivity contribution in [2.24, 2.45) is 0 Å². The van der Waals surface area contributed by atoms with Crippen molar-refractivity contribution in [3.05, 3.63) is 52.7 Å². The molecule has 0 aliphatic rings. The lowest BCUT2D eigenvalue weighted by Crippen LogP contribution is -2.29. The van der Waals surface area contributed by atoms with Gasteiger partial charge in [-0.15, -0.1) is 0 Å². The number of aryl methyl sites for hydroxylation is 1. The van der Waals surface area contributed by atoms with Crippen LogP contribution in [-0.2, 0) is 11.3 Å². The van der Waals surface area contributed by atoms with Crippen molar-refractivity contribution in [1.82, 2.24) is 10.3 Å². The minimum Gasteiger partial charge on any atom is -0.496 e. The van der Waals surface area contributed by atoms with Crippen LogP contribution in [0.5, 0.6) is 5.75 Å². The fraction of sp³-hybridized carbons (Fsp3) is 0.235. The summed E-state index contributed by atoms with van der Waals surface area (Å²) in [5.41, 5.74) is 1.88. The lowest BCUT2D eigenvalue weighted by atomic mass is 10.2. The molecule has 0 saturated carbocycles. The predicted molar refractivity (Wildman–Crippen MR) is 98.5 cm³/mol. The molecule has 0 bridgehead atoms. The topological polar surface area (TPSA) is 107 Å². The number of anilines is 1. The lowest BCUT2D eigenvalue weighted by molar-refractivity contribution is -0.134. The first-order chi connectivity index (χ1) is 11.8. The van der Waals surface area contributed by atoms with Crippen molar-refractivity contribution in [2.75, 3.05) is 12.4 Å². The number of rotatable bonds is 4. The Balaban J connectivity index is 0.000000705. The highest BCUT2D eigenvalue weighted by atomic mass is 35.5. The van der Waals surface area contributed by atoms with Gasteiger partial charge in [0.05, 0.1) is 7.11 Å². The molecule has 8 heteroatoms. The third kappa shape index (κ3) is 7.54. The highest BCUT2D eigenvalue weighted by Crippen LogP contribution is 2.25. The molecular formula is C17H21ClN4O3. The van der Waals surface area contributed by atoms with E-state index in [1.54, 1.807) is 19.4 Å². The van der Waals surface area contributed by atoms with E-state index in [2.05, 4.69) is 15.6 Å². The Morgan fingerprint density at radius 1 is 1.36 bits per heavy atom. The molecule has 0 aliphatic carbocycles. The van der Waals surface area contributed by atoms with Gasteiger partial charge in [0.1, 0.15) is 11.6 Å². The highest BCUT2D eigenvalue weighted by Gasteiger charge is 2.08. The number of hydrogen-bond donors (Lipinski definition) is 4. The van der Waals surface area contributed by atoms with Gasteiger partial charge in [-0.2, -0.15) is 0 Å². The molecule has 0 saturated heterocycles. The summed E-state index contributed by atoms with van der Waals surface area (Å²) in [6, 6.07) is 9.20. The molecule has 2 aromatic rings. The molecular weight excluding hydrogens is 344 g/mol. The van der Waals surface area contributed by atoms with E-state index in [-0.39, 0.29) is 5.96 Å². The van der Waals surface area contributed by atoms with E-state index >= 15 is 0 Å². The first-order valence-corrected chi connectivity index (χ1v) is 7.74. The third-order valence-electron chi connectivity index (χ3n) is 2.90. The van der Waals surface area contributed by atoms with Crippen LogP contribution in [0.15, 0.2) is 36.5 Å². The monoisotopic (exact) mass is 364 g/mol. The van der Waals surface area contributed by atoms with Gasteiger partial charge in [-0.3, -0.25) is 10.2 Å². The van der Waals surface area contributed by atoms with E-state index < -0.39 is 5.97 Å². The van der Waals surface area contributed by atoms with Crippen LogP contribution in [0.3, 0.4) is 0 Å². The minimum atomic E-state index is -0.833. The van der Waals surface area contributed by atoms with Crippen LogP contribution in [0.1, 0.15) is 18.1 Å². The zero-order valence-electron chi connectivity index (χ0n) is 14.3. The molecule has 0 atom stereocenters. The summed E-state index contributed by atoms with van der Waals surface area (Å²) < 4.78 is 5.26. The summed E-state index contributed by atoms with van der Waals surface area (Å²) in [6.45, 7) is 3.44. The normalized spacial score (nSPS) is 9.44. The van der Waals surface area contributed by atoms with Crippen LogP contribution in [0, 0.1) is 12.3 Å². The van der Waals surface area contributed by atoms with Gasteiger partial charge in [0.15, 0.2) is 5.96 Å². The fourth-order valence-corrected chi connectivity index (χ4v) is 2.03. The molecule has 0 radical (unpaired) electrons. The molecule has 1 aromatic heterocycles. The van der Waals surface area contributed by atoms with Gasteiger partial charge < -0.3 is 20.5 Å². The van der Waals surface area contributed by atoms with Gasteiger partial charge in [-0.1, -0.05) is 23.7 Å². The maximum Gasteiger partial charge on any atom is 0.300 e. The highest BCUT2D eigenvalue weighted by molar-refractivity contribution is 6.31. The predicted octanol–water partition coefficient (Wildman–Crippen LogP) is 3.28. The number of benzene rings is 1. The van der Waals surface area contributed by atoms with E-state index in [1.807, 2.05) is 31.2 Å². The van der Waals surface area contributed by atoms with Crippen molar-refractivity contribution in [2.45, 2.75) is 20.4 Å². The number of carboxylic acids is 1. The zero-order valence-corrected chi connectivity index (χ0v) is 15.0. The number of aliphatic carboxylic acids is 1. The van der Waals surface area contributed by atoms with Crippen molar-refractivity contribution in [3.63, 3.8) is 0 Å². The van der Waals surface area contributed by atoms with Crippen LogP contribution in [0.25, 0.3) is 0 Å². The number of nitrogens with one attached hydrogen (secondary N) is 3. The van der Waals surface area contributed by atoms with E-state index in [9.17, 15) is 0 Å². The molecule has 1 aromatic carbocycles. The van der Waals surface area contributed by atoms with Crippen LogP contribution < -0.4 is 15.4 Å². The Hall–Kier alpha value is -2.80. The van der Waals surface area contributed by atoms with E-state index in [1.165, 1.54) is 0 Å². The van der Waals surface area contributed by atoms with Gasteiger partial charge in [0.25, 0.3) is 5.97 Å². The standard InChI is InChI=1S/C15H17ClN4O.C2H4O2/c1-10-6-7-14(18-8-10)20-15(17)19-9-11-12(16)4-3-5-13(11)21-2;1-2(3)4/h3-8H,9H2,1-2H3,(H3,17,18,19,20);1H3,(H,3,4). The molecule has 0 amide bonds. The number of ether oxygens (including phenoxy) is 1. The second-order valence-electron chi connectivity index (χ2n) is 5.01. The number of hydrogen-bond acceptors (Lipinski definition) is 4. The van der Waals surface area contributed by atoms with E-state index in [4.69, 9.17) is 31.6 Å². The maximum atomic E-state index is 9.00. The Kier molecular flexibility index (Phi) is 8.22. The molecule has 0 fully saturated rings. The van der Waals surface area contributed by atoms with Crippen molar-refractivity contribution in [1.29, 1.82) is 5.41 Å². The number of nitrogens with zero attached hydrogens (tertiary/aromatic N) is 1. The Morgan fingerprint density at radius 2 is 2.04 bits per heavy atom. The number of guanidine groups is 1. The Labute approximate surface area is 151 Å². The molecule has 0 unspecified atom stereocenters. The summed E-state index contributed by atoms with van der Waals surface area (Å²) in [5.74, 6) is 0.619. The van der Waals surface area contributed by atoms with Crippen molar-refractivity contribution < 1.29 is 14.6 Å². The zero-order chi connectivity index (χ0) is 18.8. The summed E-state index contributed by atoms with van der Waals surface area (Å²) in [5, 5.41) is 21.7. The second-order valence-corrected chi connectivity index (χ2v) is 5.42. The molecule has 2 rings (SSSR count). The van der Waals surface area contributed by atoms with Crippen molar-refractivity contribution in [3.8, 4) is 5.75 Å². The van der Waals surface area contributed by atoms with Crippen LogP contribution >= 0.6 is 11.6 Å². The number of pyridine rings is 1. The Bertz CT molecular complexity index is 716. The van der Waals surface area contributed by atoms with Crippen LogP contribution in [0.2, 0.25) is 5.02 Å². The van der Waals surface area contributed by atoms with Gasteiger partial charge >= 0.3 is 0 Å². The number of carboxylic acid groups (broad SMARTS) is 1. The number of aromatic nitrogens is 1. The summed E-state index contributed by atoms with van der Waals surface area (Å²) in [7, 11) is 1.59. The largest absolute Gasteiger partial charge is 0.496 e. The van der Waals surface area contributed by atoms with E-state index in [0.29, 0.717) is 23.1 Å². The quantitative estimate of drug-likeness (QED) is 0.490. The molecule has 1 heterocycles. The number of halogens is 1. The van der Waals surface area contributed by atoms with Crippen molar-refractivity contribution >= 4 is 29.3 Å². The first kappa shape index (κ1) is 20.2. The lowest BCUT2D eigenvalue weighted by Gasteiger charge is -2.13. The molecule has 4 N–H and O–H groups in total. The minimum absolute atomic E-state index is 0.147. The summed E-state index contributed by atoms with van der Waals surface area (Å²) in [6.07, 6.45) is 1.74. The van der Waals surface area contributed by atoms with Crippen LogP contribution in [-0.4, -0.2) is 29.1 Å². The smallest absolute Gasteiger partial charge is 0.300 e. The van der Waals surface area contributed by atoms with Gasteiger partial charge in [-0.05, 0) is 30.7 Å². The van der Waals surface area contributed by atoms with Gasteiger partial charge in [-0.25, -0.2) is 4.98 Å². The first-order valence-electron chi connectivity index (χ1n) is 7.36. The summed E-state index contributed by atoms with van der Waals surface area (Å²) in [4.78, 5) is 13.2.